The standard InChI is InChI=1S/C20H22ClN3O2/c1-14-4-5-15(21)12-18(14)23-20(26)13-19(25)22-16-6-8-17(9-7-16)24-10-2-3-11-24/h4-9,12H,2-3,10-11,13H2,1H3,(H,22,25)(H,23,26). The second-order valence-corrected chi connectivity index (χ2v) is 6.91. The van der Waals surface area contributed by atoms with Crippen molar-refractivity contribution in [2.45, 2.75) is 26.2 Å². The maximum atomic E-state index is 12.1. The summed E-state index contributed by atoms with van der Waals surface area (Å²) in [5, 5.41) is 6.02. The normalized spacial score (nSPS) is 13.5. The van der Waals surface area contributed by atoms with Gasteiger partial charge in [-0.25, -0.2) is 0 Å². The lowest BCUT2D eigenvalue weighted by atomic mass is 10.2. The van der Waals surface area contributed by atoms with Gasteiger partial charge in [-0.05, 0) is 61.7 Å². The third-order valence-corrected chi connectivity index (χ3v) is 4.65. The summed E-state index contributed by atoms with van der Waals surface area (Å²) in [6.07, 6.45) is 2.19. The van der Waals surface area contributed by atoms with Gasteiger partial charge in [0.2, 0.25) is 11.8 Å². The smallest absolute Gasteiger partial charge is 0.233 e. The van der Waals surface area contributed by atoms with Gasteiger partial charge in [-0.1, -0.05) is 17.7 Å². The molecule has 136 valence electrons. The zero-order valence-electron chi connectivity index (χ0n) is 14.7. The molecule has 2 amide bonds. The number of amides is 2. The van der Waals surface area contributed by atoms with Crippen LogP contribution in [0.3, 0.4) is 0 Å². The third kappa shape index (κ3) is 4.76. The summed E-state index contributed by atoms with van der Waals surface area (Å²) < 4.78 is 0. The van der Waals surface area contributed by atoms with Crippen LogP contribution in [0.25, 0.3) is 0 Å². The first-order valence-electron chi connectivity index (χ1n) is 8.72. The SMILES string of the molecule is Cc1ccc(Cl)cc1NC(=O)CC(=O)Nc1ccc(N2CCCC2)cc1. The van der Waals surface area contributed by atoms with Crippen LogP contribution in [0.15, 0.2) is 42.5 Å². The predicted octanol–water partition coefficient (Wildman–Crippen LogP) is 4.22. The lowest BCUT2D eigenvalue weighted by Crippen LogP contribution is -2.22. The molecule has 1 fully saturated rings. The first-order valence-corrected chi connectivity index (χ1v) is 9.10. The van der Waals surface area contributed by atoms with E-state index in [1.807, 2.05) is 37.3 Å². The molecule has 1 heterocycles. The molecule has 1 saturated heterocycles. The van der Waals surface area contributed by atoms with Crippen LogP contribution in [-0.2, 0) is 9.59 Å². The van der Waals surface area contributed by atoms with Crippen molar-refractivity contribution in [3.05, 3.63) is 53.1 Å². The highest BCUT2D eigenvalue weighted by molar-refractivity contribution is 6.31. The molecule has 0 unspecified atom stereocenters. The second kappa shape index (κ2) is 8.23. The van der Waals surface area contributed by atoms with Crippen molar-refractivity contribution < 1.29 is 9.59 Å². The minimum Gasteiger partial charge on any atom is -0.372 e. The molecule has 1 aliphatic rings. The van der Waals surface area contributed by atoms with E-state index in [1.54, 1.807) is 12.1 Å². The molecule has 1 aliphatic heterocycles. The van der Waals surface area contributed by atoms with Crippen LogP contribution in [-0.4, -0.2) is 24.9 Å². The van der Waals surface area contributed by atoms with Crippen molar-refractivity contribution in [1.29, 1.82) is 0 Å². The van der Waals surface area contributed by atoms with Crippen LogP contribution < -0.4 is 15.5 Å². The fourth-order valence-corrected chi connectivity index (χ4v) is 3.18. The highest BCUT2D eigenvalue weighted by Crippen LogP contribution is 2.22. The van der Waals surface area contributed by atoms with E-state index in [1.165, 1.54) is 12.8 Å². The molecule has 0 aliphatic carbocycles. The van der Waals surface area contributed by atoms with Crippen molar-refractivity contribution in [3.63, 3.8) is 0 Å². The van der Waals surface area contributed by atoms with Gasteiger partial charge in [0.15, 0.2) is 0 Å². The summed E-state index contributed by atoms with van der Waals surface area (Å²) in [5.41, 5.74) is 3.35. The van der Waals surface area contributed by atoms with Crippen LogP contribution in [0.2, 0.25) is 5.02 Å². The predicted molar refractivity (Wildman–Crippen MR) is 106 cm³/mol. The van der Waals surface area contributed by atoms with Gasteiger partial charge in [0.25, 0.3) is 0 Å². The van der Waals surface area contributed by atoms with Gasteiger partial charge < -0.3 is 15.5 Å². The van der Waals surface area contributed by atoms with E-state index in [0.29, 0.717) is 16.4 Å². The first-order chi connectivity index (χ1) is 12.5. The summed E-state index contributed by atoms with van der Waals surface area (Å²) in [5.74, 6) is -0.724. The van der Waals surface area contributed by atoms with Crippen molar-refractivity contribution in [2.24, 2.45) is 0 Å². The van der Waals surface area contributed by atoms with Gasteiger partial charge in [0.1, 0.15) is 6.42 Å². The molecule has 2 aromatic carbocycles. The Morgan fingerprint density at radius 1 is 1.00 bits per heavy atom. The number of rotatable bonds is 5. The lowest BCUT2D eigenvalue weighted by Gasteiger charge is -2.17. The minimum absolute atomic E-state index is 0.250. The van der Waals surface area contributed by atoms with Crippen LogP contribution in [0, 0.1) is 6.92 Å². The number of benzene rings is 2. The van der Waals surface area contributed by atoms with Crippen LogP contribution >= 0.6 is 11.6 Å². The Bertz CT molecular complexity index is 799. The Labute approximate surface area is 158 Å². The second-order valence-electron chi connectivity index (χ2n) is 6.47. The molecule has 0 spiro atoms. The number of nitrogens with zero attached hydrogens (tertiary/aromatic N) is 1. The summed E-state index contributed by atoms with van der Waals surface area (Å²) in [7, 11) is 0. The van der Waals surface area contributed by atoms with E-state index in [-0.39, 0.29) is 18.2 Å². The molecule has 2 aromatic rings. The average molecular weight is 372 g/mol. The molecule has 0 saturated carbocycles. The molecule has 0 atom stereocenters. The van der Waals surface area contributed by atoms with E-state index >= 15 is 0 Å². The third-order valence-electron chi connectivity index (χ3n) is 4.42. The zero-order chi connectivity index (χ0) is 18.5. The van der Waals surface area contributed by atoms with Crippen molar-refractivity contribution in [2.75, 3.05) is 28.6 Å². The first kappa shape index (κ1) is 18.3. The van der Waals surface area contributed by atoms with Gasteiger partial charge in [-0.2, -0.15) is 0 Å². The Kier molecular flexibility index (Phi) is 5.78. The number of carbonyl (C=O) groups excluding carboxylic acids is 2. The summed E-state index contributed by atoms with van der Waals surface area (Å²) in [4.78, 5) is 26.5. The summed E-state index contributed by atoms with van der Waals surface area (Å²) in [6.45, 7) is 4.03. The van der Waals surface area contributed by atoms with E-state index in [4.69, 9.17) is 11.6 Å². The molecule has 0 radical (unpaired) electrons. The van der Waals surface area contributed by atoms with Gasteiger partial charge in [0, 0.05) is 35.2 Å². The van der Waals surface area contributed by atoms with E-state index in [9.17, 15) is 9.59 Å². The zero-order valence-corrected chi connectivity index (χ0v) is 15.5. The highest BCUT2D eigenvalue weighted by atomic mass is 35.5. The Hall–Kier alpha value is -2.53. The molecule has 26 heavy (non-hydrogen) atoms. The topological polar surface area (TPSA) is 61.4 Å². The molecule has 3 rings (SSSR count). The maximum Gasteiger partial charge on any atom is 0.233 e. The van der Waals surface area contributed by atoms with Gasteiger partial charge in [-0.3, -0.25) is 9.59 Å². The number of halogens is 1. The van der Waals surface area contributed by atoms with E-state index < -0.39 is 0 Å². The molecular formula is C20H22ClN3O2. The maximum absolute atomic E-state index is 12.1. The number of hydrogen-bond donors (Lipinski definition) is 2. The van der Waals surface area contributed by atoms with Crippen molar-refractivity contribution in [1.82, 2.24) is 0 Å². The van der Waals surface area contributed by atoms with Crippen molar-refractivity contribution in [3.8, 4) is 0 Å². The quantitative estimate of drug-likeness (QED) is 0.774. The van der Waals surface area contributed by atoms with Crippen molar-refractivity contribution >= 4 is 40.5 Å². The fraction of sp³-hybridized carbons (Fsp3) is 0.300. The van der Waals surface area contributed by atoms with E-state index in [2.05, 4.69) is 15.5 Å². The molecule has 0 bridgehead atoms. The van der Waals surface area contributed by atoms with Gasteiger partial charge in [0.05, 0.1) is 0 Å². The molecule has 0 aromatic heterocycles. The Morgan fingerprint density at radius 2 is 1.65 bits per heavy atom. The Balaban J connectivity index is 1.53. The molecule has 5 nitrogen and oxygen atoms in total. The fourth-order valence-electron chi connectivity index (χ4n) is 3.01. The largest absolute Gasteiger partial charge is 0.372 e. The monoisotopic (exact) mass is 371 g/mol. The van der Waals surface area contributed by atoms with E-state index in [0.717, 1.165) is 24.3 Å². The summed E-state index contributed by atoms with van der Waals surface area (Å²) in [6, 6.07) is 13.0. The number of carbonyl (C=O) groups is 2. The van der Waals surface area contributed by atoms with Gasteiger partial charge in [-0.15, -0.1) is 0 Å². The van der Waals surface area contributed by atoms with Crippen LogP contribution in [0.4, 0.5) is 17.1 Å². The molecule has 2 N–H and O–H groups in total. The molecule has 6 heteroatoms. The summed E-state index contributed by atoms with van der Waals surface area (Å²) >= 11 is 5.94. The van der Waals surface area contributed by atoms with Crippen LogP contribution in [0.1, 0.15) is 24.8 Å². The van der Waals surface area contributed by atoms with Crippen LogP contribution in [0.5, 0.6) is 0 Å². The lowest BCUT2D eigenvalue weighted by molar-refractivity contribution is -0.123. The Morgan fingerprint density at radius 3 is 2.35 bits per heavy atom. The minimum atomic E-state index is -0.374. The number of nitrogens with one attached hydrogen (secondary N) is 2. The number of aryl methyl sites for hydroxylation is 1. The number of anilines is 3. The number of hydrogen-bond acceptors (Lipinski definition) is 3. The highest BCUT2D eigenvalue weighted by Gasteiger charge is 2.13. The average Bonchev–Trinajstić information content (AvgIpc) is 3.13. The van der Waals surface area contributed by atoms with Gasteiger partial charge >= 0.3 is 0 Å². The molecular weight excluding hydrogens is 350 g/mol.